The standard InChI is InChI=1S/C31H27ClN2O5/c1-19(2)18-38-31(37)25-15-22(9-11-27(25)32)28-12-10-23(39-28)16-24-20(3)26(17-33)30(36)34(29(24)35)14-13-21-7-5-4-6-8-21/h4-12,15-16,19H,13-14,18H2,1-3H3/b24-16+. The van der Waals surface area contributed by atoms with Gasteiger partial charge in [-0.3, -0.25) is 14.5 Å². The van der Waals surface area contributed by atoms with Crippen LogP contribution in [0.5, 0.6) is 0 Å². The molecule has 7 nitrogen and oxygen atoms in total. The quantitative estimate of drug-likeness (QED) is 0.189. The summed E-state index contributed by atoms with van der Waals surface area (Å²) in [5.41, 5.74) is 2.21. The van der Waals surface area contributed by atoms with Crippen molar-refractivity contribution in [1.82, 2.24) is 4.90 Å². The van der Waals surface area contributed by atoms with Gasteiger partial charge in [0.25, 0.3) is 11.8 Å². The number of ether oxygens (including phenoxy) is 1. The van der Waals surface area contributed by atoms with Crippen LogP contribution in [-0.4, -0.2) is 35.8 Å². The van der Waals surface area contributed by atoms with Crippen LogP contribution in [0.4, 0.5) is 0 Å². The van der Waals surface area contributed by atoms with Gasteiger partial charge >= 0.3 is 5.97 Å². The fourth-order valence-corrected chi connectivity index (χ4v) is 4.30. The van der Waals surface area contributed by atoms with Crippen molar-refractivity contribution in [2.45, 2.75) is 27.2 Å². The van der Waals surface area contributed by atoms with Gasteiger partial charge in [-0.2, -0.15) is 5.26 Å². The first-order chi connectivity index (χ1) is 18.7. The van der Waals surface area contributed by atoms with Crippen LogP contribution < -0.4 is 0 Å². The van der Waals surface area contributed by atoms with E-state index in [9.17, 15) is 19.6 Å². The van der Waals surface area contributed by atoms with Crippen LogP contribution in [0.1, 0.15) is 42.5 Å². The molecule has 1 aliphatic rings. The third-order valence-corrected chi connectivity index (χ3v) is 6.55. The highest BCUT2D eigenvalue weighted by Gasteiger charge is 2.35. The van der Waals surface area contributed by atoms with Gasteiger partial charge in [0.1, 0.15) is 23.2 Å². The second kappa shape index (κ2) is 12.0. The van der Waals surface area contributed by atoms with Gasteiger partial charge in [0, 0.05) is 17.7 Å². The molecular weight excluding hydrogens is 516 g/mol. The molecule has 1 aliphatic heterocycles. The van der Waals surface area contributed by atoms with Crippen molar-refractivity contribution in [3.63, 3.8) is 0 Å². The Balaban J connectivity index is 1.61. The molecule has 39 heavy (non-hydrogen) atoms. The number of carbonyl (C=O) groups excluding carboxylic acids is 3. The zero-order valence-electron chi connectivity index (χ0n) is 21.9. The SMILES string of the molecule is CC1=C(C#N)C(=O)N(CCc2ccccc2)C(=O)/C1=C/c1ccc(-c2ccc(Cl)c(C(=O)OCC(C)C)c2)o1. The van der Waals surface area contributed by atoms with E-state index in [0.29, 0.717) is 29.1 Å². The van der Waals surface area contributed by atoms with Gasteiger partial charge in [0.2, 0.25) is 0 Å². The van der Waals surface area contributed by atoms with Crippen molar-refractivity contribution in [2.24, 2.45) is 5.92 Å². The lowest BCUT2D eigenvalue weighted by molar-refractivity contribution is -0.140. The van der Waals surface area contributed by atoms with Gasteiger partial charge in [-0.1, -0.05) is 55.8 Å². The Hall–Kier alpha value is -4.41. The molecule has 4 rings (SSSR count). The summed E-state index contributed by atoms with van der Waals surface area (Å²) in [6.07, 6.45) is 1.99. The van der Waals surface area contributed by atoms with E-state index in [1.54, 1.807) is 37.3 Å². The van der Waals surface area contributed by atoms with E-state index in [0.717, 1.165) is 10.5 Å². The highest BCUT2D eigenvalue weighted by atomic mass is 35.5. The average Bonchev–Trinajstić information content (AvgIpc) is 3.39. The zero-order valence-corrected chi connectivity index (χ0v) is 22.6. The number of furan rings is 1. The fraction of sp³-hybridized carbons (Fsp3) is 0.226. The van der Waals surface area contributed by atoms with Crippen LogP contribution in [-0.2, 0) is 20.7 Å². The van der Waals surface area contributed by atoms with Crippen molar-refractivity contribution in [3.05, 3.63) is 99.3 Å². The number of halogens is 1. The predicted molar refractivity (Wildman–Crippen MR) is 147 cm³/mol. The number of nitrogens with zero attached hydrogens (tertiary/aromatic N) is 2. The highest BCUT2D eigenvalue weighted by molar-refractivity contribution is 6.33. The maximum absolute atomic E-state index is 13.4. The molecule has 0 radical (unpaired) electrons. The summed E-state index contributed by atoms with van der Waals surface area (Å²) in [4.78, 5) is 39.9. The van der Waals surface area contributed by atoms with Crippen LogP contribution in [0.25, 0.3) is 17.4 Å². The van der Waals surface area contributed by atoms with Gasteiger partial charge in [-0.05, 0) is 66.8 Å². The molecule has 2 aromatic carbocycles. The summed E-state index contributed by atoms with van der Waals surface area (Å²) < 4.78 is 11.3. The molecule has 1 aromatic heterocycles. The molecule has 0 unspecified atom stereocenters. The molecule has 0 atom stereocenters. The third kappa shape index (κ3) is 6.19. The number of carbonyl (C=O) groups is 3. The number of amides is 2. The Morgan fingerprint density at radius 2 is 1.85 bits per heavy atom. The van der Waals surface area contributed by atoms with Gasteiger partial charge < -0.3 is 9.15 Å². The second-order valence-corrected chi connectivity index (χ2v) is 9.96. The fourth-order valence-electron chi connectivity index (χ4n) is 4.10. The van der Waals surface area contributed by atoms with Crippen LogP contribution in [0.2, 0.25) is 5.02 Å². The van der Waals surface area contributed by atoms with Crippen molar-refractivity contribution >= 4 is 35.5 Å². The molecular formula is C31H27ClN2O5. The van der Waals surface area contributed by atoms with E-state index in [2.05, 4.69) is 0 Å². The van der Waals surface area contributed by atoms with E-state index in [1.807, 2.05) is 50.2 Å². The Morgan fingerprint density at radius 3 is 2.54 bits per heavy atom. The van der Waals surface area contributed by atoms with Gasteiger partial charge in [0.15, 0.2) is 0 Å². The lowest BCUT2D eigenvalue weighted by Gasteiger charge is -2.27. The van der Waals surface area contributed by atoms with Crippen molar-refractivity contribution in [3.8, 4) is 17.4 Å². The average molecular weight is 543 g/mol. The molecule has 0 N–H and O–H groups in total. The molecule has 3 aromatic rings. The molecule has 0 fully saturated rings. The number of hydrogen-bond acceptors (Lipinski definition) is 6. The van der Waals surface area contributed by atoms with E-state index in [1.165, 1.54) is 6.08 Å². The maximum atomic E-state index is 13.4. The van der Waals surface area contributed by atoms with Gasteiger partial charge in [-0.25, -0.2) is 4.79 Å². The lowest BCUT2D eigenvalue weighted by Crippen LogP contribution is -2.43. The first-order valence-corrected chi connectivity index (χ1v) is 12.9. The van der Waals surface area contributed by atoms with Gasteiger partial charge in [-0.15, -0.1) is 0 Å². The molecule has 0 bridgehead atoms. The Kier molecular flexibility index (Phi) is 8.48. The molecule has 0 spiro atoms. The van der Waals surface area contributed by atoms with E-state index in [4.69, 9.17) is 20.8 Å². The van der Waals surface area contributed by atoms with E-state index < -0.39 is 17.8 Å². The van der Waals surface area contributed by atoms with E-state index >= 15 is 0 Å². The summed E-state index contributed by atoms with van der Waals surface area (Å²) in [7, 11) is 0. The molecule has 198 valence electrons. The monoisotopic (exact) mass is 542 g/mol. The molecule has 2 amide bonds. The summed E-state index contributed by atoms with van der Waals surface area (Å²) in [5.74, 6) is -0.650. The number of imide groups is 1. The minimum absolute atomic E-state index is 0.0806. The molecule has 0 saturated carbocycles. The summed E-state index contributed by atoms with van der Waals surface area (Å²) in [5, 5.41) is 9.92. The first-order valence-electron chi connectivity index (χ1n) is 12.5. The van der Waals surface area contributed by atoms with Gasteiger partial charge in [0.05, 0.1) is 17.2 Å². The van der Waals surface area contributed by atoms with Crippen LogP contribution in [0.15, 0.2) is 81.8 Å². The Morgan fingerprint density at radius 1 is 1.10 bits per heavy atom. The van der Waals surface area contributed by atoms with E-state index in [-0.39, 0.29) is 40.8 Å². The molecule has 8 heteroatoms. The highest BCUT2D eigenvalue weighted by Crippen LogP contribution is 2.31. The molecule has 2 heterocycles. The predicted octanol–water partition coefficient (Wildman–Crippen LogP) is 6.25. The van der Waals surface area contributed by atoms with Crippen LogP contribution in [0, 0.1) is 17.2 Å². The minimum atomic E-state index is -0.605. The lowest BCUT2D eigenvalue weighted by atomic mass is 9.94. The minimum Gasteiger partial charge on any atom is -0.462 e. The van der Waals surface area contributed by atoms with Crippen molar-refractivity contribution < 1.29 is 23.5 Å². The molecule has 0 saturated heterocycles. The second-order valence-electron chi connectivity index (χ2n) is 9.56. The van der Waals surface area contributed by atoms with Crippen LogP contribution >= 0.6 is 11.6 Å². The number of esters is 1. The summed E-state index contributed by atoms with van der Waals surface area (Å²) in [6.45, 7) is 5.87. The number of nitriles is 1. The number of rotatable bonds is 8. The topological polar surface area (TPSA) is 101 Å². The summed E-state index contributed by atoms with van der Waals surface area (Å²) in [6, 6.07) is 19.7. The van der Waals surface area contributed by atoms with Crippen LogP contribution in [0.3, 0.4) is 0 Å². The number of hydrogen-bond donors (Lipinski definition) is 0. The largest absolute Gasteiger partial charge is 0.462 e. The zero-order chi connectivity index (χ0) is 28.1. The Bertz CT molecular complexity index is 1530. The van der Waals surface area contributed by atoms with Crippen molar-refractivity contribution in [2.75, 3.05) is 13.2 Å². The summed E-state index contributed by atoms with van der Waals surface area (Å²) >= 11 is 6.24. The Labute approximate surface area is 231 Å². The first kappa shape index (κ1) is 27.6. The smallest absolute Gasteiger partial charge is 0.339 e. The maximum Gasteiger partial charge on any atom is 0.339 e. The normalized spacial score (nSPS) is 14.8. The van der Waals surface area contributed by atoms with Crippen molar-refractivity contribution in [1.29, 1.82) is 5.26 Å². The third-order valence-electron chi connectivity index (χ3n) is 6.22. The number of benzene rings is 2. The molecule has 0 aliphatic carbocycles.